The van der Waals surface area contributed by atoms with Gasteiger partial charge < -0.3 is 10.6 Å². The normalized spacial score (nSPS) is 13.8. The summed E-state index contributed by atoms with van der Waals surface area (Å²) in [5.41, 5.74) is 8.19. The van der Waals surface area contributed by atoms with Gasteiger partial charge in [-0.1, -0.05) is 18.2 Å². The van der Waals surface area contributed by atoms with Gasteiger partial charge in [0.2, 0.25) is 5.95 Å². The van der Waals surface area contributed by atoms with E-state index in [-0.39, 0.29) is 0 Å². The van der Waals surface area contributed by atoms with Crippen LogP contribution in [0.2, 0.25) is 0 Å². The first-order valence-electron chi connectivity index (χ1n) is 5.39. The molecule has 1 aliphatic heterocycles. The number of nitrogen functional groups attached to an aromatic ring is 1. The number of nitrogens with two attached hydrogens (primary N) is 1. The minimum atomic E-state index is 0.299. The summed E-state index contributed by atoms with van der Waals surface area (Å²) in [4.78, 5) is 10.4. The van der Waals surface area contributed by atoms with Gasteiger partial charge in [0.25, 0.3) is 0 Å². The Bertz CT molecular complexity index is 570. The van der Waals surface area contributed by atoms with Crippen molar-refractivity contribution in [3.05, 3.63) is 40.5 Å². The van der Waals surface area contributed by atoms with Crippen molar-refractivity contribution >= 4 is 33.4 Å². The van der Waals surface area contributed by atoms with Crippen LogP contribution in [0.5, 0.6) is 0 Å². The van der Waals surface area contributed by atoms with E-state index in [1.807, 2.05) is 6.07 Å². The fourth-order valence-electron chi connectivity index (χ4n) is 2.12. The summed E-state index contributed by atoms with van der Waals surface area (Å²) in [5.74, 6) is 1.13. The molecule has 17 heavy (non-hydrogen) atoms. The van der Waals surface area contributed by atoms with Crippen molar-refractivity contribution in [3.63, 3.8) is 0 Å². The molecule has 0 unspecified atom stereocenters. The Labute approximate surface area is 108 Å². The summed E-state index contributed by atoms with van der Waals surface area (Å²) in [6, 6.07) is 8.35. The number of aromatic nitrogens is 2. The number of fused-ring (bicyclic) bond motifs is 1. The van der Waals surface area contributed by atoms with Crippen LogP contribution in [-0.2, 0) is 6.42 Å². The maximum Gasteiger partial charge on any atom is 0.222 e. The lowest BCUT2D eigenvalue weighted by Gasteiger charge is -2.19. The molecule has 0 aliphatic carbocycles. The van der Waals surface area contributed by atoms with Gasteiger partial charge in [0.1, 0.15) is 0 Å². The monoisotopic (exact) mass is 290 g/mol. The van der Waals surface area contributed by atoms with Crippen LogP contribution in [0.1, 0.15) is 5.56 Å². The summed E-state index contributed by atoms with van der Waals surface area (Å²) in [5, 5.41) is 0. The highest BCUT2D eigenvalue weighted by Gasteiger charge is 2.22. The third-order valence-electron chi connectivity index (χ3n) is 2.89. The molecule has 0 bridgehead atoms. The van der Waals surface area contributed by atoms with Gasteiger partial charge >= 0.3 is 0 Å². The Morgan fingerprint density at radius 3 is 3.00 bits per heavy atom. The molecule has 0 amide bonds. The van der Waals surface area contributed by atoms with Gasteiger partial charge in [0.05, 0.1) is 4.47 Å². The number of nitrogens with zero attached hydrogens (tertiary/aromatic N) is 3. The number of anilines is 3. The van der Waals surface area contributed by atoms with E-state index in [0.717, 1.165) is 23.3 Å². The smallest absolute Gasteiger partial charge is 0.222 e. The van der Waals surface area contributed by atoms with Crippen LogP contribution in [0.15, 0.2) is 34.9 Å². The molecular weight excluding hydrogens is 280 g/mol. The molecule has 0 saturated carbocycles. The molecule has 86 valence electrons. The first-order chi connectivity index (χ1) is 8.25. The zero-order valence-electron chi connectivity index (χ0n) is 9.10. The number of para-hydroxylation sites is 1. The van der Waals surface area contributed by atoms with Crippen LogP contribution in [-0.4, -0.2) is 16.5 Å². The predicted octanol–water partition coefficient (Wildman–Crippen LogP) is 2.52. The van der Waals surface area contributed by atoms with Gasteiger partial charge in [-0.25, -0.2) is 4.98 Å². The van der Waals surface area contributed by atoms with Gasteiger partial charge in [-0.2, -0.15) is 4.98 Å². The zero-order valence-corrected chi connectivity index (χ0v) is 10.7. The van der Waals surface area contributed by atoms with E-state index in [2.05, 4.69) is 49.0 Å². The topological polar surface area (TPSA) is 55.0 Å². The number of halogens is 1. The minimum absolute atomic E-state index is 0.299. The molecule has 0 atom stereocenters. The molecule has 0 radical (unpaired) electrons. The molecule has 0 fully saturated rings. The Balaban J connectivity index is 2.10. The standard InChI is InChI=1S/C12H11BrN4/c13-9-7-15-12(14)16-11(9)17-6-5-8-3-1-2-4-10(8)17/h1-4,7H,5-6H2,(H2,14,15,16). The van der Waals surface area contributed by atoms with Crippen LogP contribution < -0.4 is 10.6 Å². The highest BCUT2D eigenvalue weighted by molar-refractivity contribution is 9.10. The summed E-state index contributed by atoms with van der Waals surface area (Å²) < 4.78 is 0.864. The van der Waals surface area contributed by atoms with Crippen molar-refractivity contribution in [1.82, 2.24) is 9.97 Å². The Hall–Kier alpha value is -1.62. The quantitative estimate of drug-likeness (QED) is 0.877. The fourth-order valence-corrected chi connectivity index (χ4v) is 2.52. The average Bonchev–Trinajstić information content (AvgIpc) is 2.76. The van der Waals surface area contributed by atoms with E-state index in [1.165, 1.54) is 11.3 Å². The number of hydrogen-bond donors (Lipinski definition) is 1. The van der Waals surface area contributed by atoms with Crippen LogP contribution in [0.3, 0.4) is 0 Å². The third-order valence-corrected chi connectivity index (χ3v) is 3.45. The van der Waals surface area contributed by atoms with Gasteiger partial charge in [-0.3, -0.25) is 0 Å². The summed E-state index contributed by atoms with van der Waals surface area (Å²) in [6.45, 7) is 0.925. The first kappa shape index (κ1) is 10.5. The average molecular weight is 291 g/mol. The van der Waals surface area contributed by atoms with Crippen molar-refractivity contribution in [2.45, 2.75) is 6.42 Å². The molecule has 3 rings (SSSR count). The lowest BCUT2D eigenvalue weighted by atomic mass is 10.2. The largest absolute Gasteiger partial charge is 0.368 e. The summed E-state index contributed by atoms with van der Waals surface area (Å²) in [7, 11) is 0. The minimum Gasteiger partial charge on any atom is -0.368 e. The van der Waals surface area contributed by atoms with Crippen molar-refractivity contribution < 1.29 is 0 Å². The van der Waals surface area contributed by atoms with Gasteiger partial charge in [-0.15, -0.1) is 0 Å². The van der Waals surface area contributed by atoms with Gasteiger partial charge in [-0.05, 0) is 34.0 Å². The highest BCUT2D eigenvalue weighted by Crippen LogP contribution is 2.36. The van der Waals surface area contributed by atoms with E-state index >= 15 is 0 Å². The van der Waals surface area contributed by atoms with E-state index < -0.39 is 0 Å². The lowest BCUT2D eigenvalue weighted by Crippen LogP contribution is -2.16. The van der Waals surface area contributed by atoms with E-state index in [0.29, 0.717) is 5.95 Å². The predicted molar refractivity (Wildman–Crippen MR) is 71.3 cm³/mol. The van der Waals surface area contributed by atoms with E-state index in [9.17, 15) is 0 Å². The molecule has 4 nitrogen and oxygen atoms in total. The Kier molecular flexibility index (Phi) is 2.48. The molecule has 2 aromatic rings. The van der Waals surface area contributed by atoms with Gasteiger partial charge in [0, 0.05) is 18.4 Å². The van der Waals surface area contributed by atoms with E-state index in [4.69, 9.17) is 5.73 Å². The SMILES string of the molecule is Nc1ncc(Br)c(N2CCc3ccccc32)n1. The molecule has 1 aliphatic rings. The van der Waals surface area contributed by atoms with Gasteiger partial charge in [0.15, 0.2) is 5.82 Å². The highest BCUT2D eigenvalue weighted by atomic mass is 79.9. The number of hydrogen-bond acceptors (Lipinski definition) is 4. The molecule has 1 aromatic carbocycles. The molecule has 5 heteroatoms. The number of rotatable bonds is 1. The van der Waals surface area contributed by atoms with Crippen molar-refractivity contribution in [3.8, 4) is 0 Å². The van der Waals surface area contributed by atoms with Crippen LogP contribution in [0.4, 0.5) is 17.5 Å². The Morgan fingerprint density at radius 1 is 1.29 bits per heavy atom. The first-order valence-corrected chi connectivity index (χ1v) is 6.18. The Morgan fingerprint density at radius 2 is 2.12 bits per heavy atom. The molecule has 0 saturated heterocycles. The summed E-state index contributed by atoms with van der Waals surface area (Å²) in [6.07, 6.45) is 2.73. The van der Waals surface area contributed by atoms with Crippen molar-refractivity contribution in [2.75, 3.05) is 17.2 Å². The lowest BCUT2D eigenvalue weighted by molar-refractivity contribution is 0.962. The maximum atomic E-state index is 5.65. The van der Waals surface area contributed by atoms with Crippen LogP contribution in [0.25, 0.3) is 0 Å². The second-order valence-electron chi connectivity index (χ2n) is 3.93. The van der Waals surface area contributed by atoms with Crippen LogP contribution in [0, 0.1) is 0 Å². The maximum absolute atomic E-state index is 5.65. The molecule has 0 spiro atoms. The van der Waals surface area contributed by atoms with Crippen molar-refractivity contribution in [1.29, 1.82) is 0 Å². The second kappa shape index (κ2) is 4.00. The zero-order chi connectivity index (χ0) is 11.8. The molecule has 1 aromatic heterocycles. The number of benzene rings is 1. The van der Waals surface area contributed by atoms with Crippen LogP contribution >= 0.6 is 15.9 Å². The molecular formula is C12H11BrN4. The molecule has 2 N–H and O–H groups in total. The van der Waals surface area contributed by atoms with Crippen molar-refractivity contribution in [2.24, 2.45) is 0 Å². The second-order valence-corrected chi connectivity index (χ2v) is 4.78. The summed E-state index contributed by atoms with van der Waals surface area (Å²) >= 11 is 3.47. The molecule has 2 heterocycles. The fraction of sp³-hybridized carbons (Fsp3) is 0.167. The third kappa shape index (κ3) is 1.76. The van der Waals surface area contributed by atoms with E-state index in [1.54, 1.807) is 6.20 Å².